The van der Waals surface area contributed by atoms with Gasteiger partial charge in [-0.1, -0.05) is 24.4 Å². The first kappa shape index (κ1) is 14.6. The number of aryl methyl sites for hydroxylation is 1. The van der Waals surface area contributed by atoms with Crippen LogP contribution in [-0.2, 0) is 6.42 Å². The van der Waals surface area contributed by atoms with E-state index >= 15 is 0 Å². The van der Waals surface area contributed by atoms with Crippen LogP contribution in [0.5, 0.6) is 0 Å². The Kier molecular flexibility index (Phi) is 4.28. The molecule has 0 amide bonds. The Hall–Kier alpha value is -1.37. The summed E-state index contributed by atoms with van der Waals surface area (Å²) < 4.78 is 4.14. The highest BCUT2D eigenvalue weighted by molar-refractivity contribution is 7.05. The molecule has 6 heteroatoms. The number of hydrogen-bond acceptors (Lipinski definition) is 6. The molecule has 0 aliphatic heterocycles. The summed E-state index contributed by atoms with van der Waals surface area (Å²) in [6.07, 6.45) is 5.24. The lowest BCUT2D eigenvalue weighted by Crippen LogP contribution is -2.34. The fourth-order valence-corrected chi connectivity index (χ4v) is 4.10. The first-order valence-electron chi connectivity index (χ1n) is 7.44. The molecule has 0 saturated heterocycles. The summed E-state index contributed by atoms with van der Waals surface area (Å²) in [6.45, 7) is 4.28. The summed E-state index contributed by atoms with van der Waals surface area (Å²) in [5.74, 6) is 6.53. The molecule has 3 rings (SSSR count). The lowest BCUT2D eigenvalue weighted by Gasteiger charge is -2.30. The molecule has 5 nitrogen and oxygen atoms in total. The van der Waals surface area contributed by atoms with E-state index in [0.717, 1.165) is 23.4 Å². The highest BCUT2D eigenvalue weighted by Crippen LogP contribution is 2.41. The maximum absolute atomic E-state index is 5.89. The molecule has 21 heavy (non-hydrogen) atoms. The zero-order valence-corrected chi connectivity index (χ0v) is 13.2. The fraction of sp³-hybridized carbons (Fsp3) is 0.533. The van der Waals surface area contributed by atoms with E-state index in [1.807, 2.05) is 12.3 Å². The minimum absolute atomic E-state index is 0.0383. The number of fused-ring (bicyclic) bond motifs is 1. The zero-order chi connectivity index (χ0) is 14.8. The Morgan fingerprint density at radius 2 is 2.29 bits per heavy atom. The third-order valence-electron chi connectivity index (χ3n) is 4.19. The van der Waals surface area contributed by atoms with Crippen molar-refractivity contribution in [1.29, 1.82) is 0 Å². The number of nitrogens with one attached hydrogen (secondary N) is 1. The van der Waals surface area contributed by atoms with Crippen molar-refractivity contribution in [3.05, 3.63) is 40.2 Å². The molecule has 112 valence electrons. The average Bonchev–Trinajstić information content (AvgIpc) is 2.98. The van der Waals surface area contributed by atoms with Crippen LogP contribution in [0.2, 0.25) is 0 Å². The van der Waals surface area contributed by atoms with Gasteiger partial charge in [0, 0.05) is 17.8 Å². The number of aromatic nitrogens is 3. The van der Waals surface area contributed by atoms with Crippen molar-refractivity contribution in [2.75, 3.05) is 0 Å². The van der Waals surface area contributed by atoms with Crippen molar-refractivity contribution in [3.63, 3.8) is 0 Å². The molecule has 3 N–H and O–H groups in total. The maximum Gasteiger partial charge on any atom is 0.0829 e. The number of hydrazine groups is 1. The largest absolute Gasteiger partial charge is 0.271 e. The molecule has 2 aromatic heterocycles. The fourth-order valence-electron chi connectivity index (χ4n) is 3.16. The maximum atomic E-state index is 5.89. The van der Waals surface area contributed by atoms with E-state index in [9.17, 15) is 0 Å². The highest BCUT2D eigenvalue weighted by atomic mass is 32.1. The zero-order valence-electron chi connectivity index (χ0n) is 12.4. The first-order valence-corrected chi connectivity index (χ1v) is 8.21. The van der Waals surface area contributed by atoms with Gasteiger partial charge in [-0.05, 0) is 48.3 Å². The molecule has 2 unspecified atom stereocenters. The van der Waals surface area contributed by atoms with Gasteiger partial charge in [-0.3, -0.25) is 16.3 Å². The van der Waals surface area contributed by atoms with Gasteiger partial charge in [0.1, 0.15) is 0 Å². The molecule has 2 heterocycles. The van der Waals surface area contributed by atoms with Crippen molar-refractivity contribution in [2.45, 2.75) is 51.0 Å². The van der Waals surface area contributed by atoms with Gasteiger partial charge in [0.25, 0.3) is 0 Å². The predicted molar refractivity (Wildman–Crippen MR) is 84.0 cm³/mol. The number of pyridine rings is 1. The third-order valence-corrected chi connectivity index (χ3v) is 5.01. The predicted octanol–water partition coefficient (Wildman–Crippen LogP) is 2.68. The van der Waals surface area contributed by atoms with Crippen LogP contribution < -0.4 is 11.3 Å². The van der Waals surface area contributed by atoms with Crippen LogP contribution >= 0.6 is 11.5 Å². The van der Waals surface area contributed by atoms with E-state index in [0.29, 0.717) is 11.8 Å². The quantitative estimate of drug-likeness (QED) is 0.671. The molecule has 0 bridgehead atoms. The molecule has 0 fully saturated rings. The van der Waals surface area contributed by atoms with Crippen LogP contribution in [-0.4, -0.2) is 14.6 Å². The Labute approximate surface area is 129 Å². The van der Waals surface area contributed by atoms with Crippen molar-refractivity contribution >= 4 is 11.5 Å². The van der Waals surface area contributed by atoms with E-state index in [1.165, 1.54) is 29.2 Å². The van der Waals surface area contributed by atoms with E-state index in [1.54, 1.807) is 0 Å². The molecule has 1 aliphatic carbocycles. The summed E-state index contributed by atoms with van der Waals surface area (Å²) in [5, 5.41) is 4.29. The van der Waals surface area contributed by atoms with Crippen molar-refractivity contribution < 1.29 is 0 Å². The Bertz CT molecular complexity index is 610. The molecular formula is C15H21N5S. The summed E-state index contributed by atoms with van der Waals surface area (Å²) in [7, 11) is 0. The van der Waals surface area contributed by atoms with Gasteiger partial charge < -0.3 is 0 Å². The average molecular weight is 303 g/mol. The van der Waals surface area contributed by atoms with Crippen LogP contribution in [0.4, 0.5) is 0 Å². The monoisotopic (exact) mass is 303 g/mol. The SMILES string of the molecule is CC(C)c1nnsc1C(NN)C1CCCc2cccnc21. The third kappa shape index (κ3) is 2.71. The topological polar surface area (TPSA) is 76.7 Å². The second-order valence-corrected chi connectivity index (χ2v) is 6.65. The Balaban J connectivity index is 2.00. The Morgan fingerprint density at radius 1 is 1.43 bits per heavy atom. The van der Waals surface area contributed by atoms with Crippen molar-refractivity contribution in [2.24, 2.45) is 5.84 Å². The lowest BCUT2D eigenvalue weighted by atomic mass is 9.81. The van der Waals surface area contributed by atoms with Gasteiger partial charge in [0.2, 0.25) is 0 Å². The minimum Gasteiger partial charge on any atom is -0.271 e. The smallest absolute Gasteiger partial charge is 0.0829 e. The van der Waals surface area contributed by atoms with Gasteiger partial charge in [-0.2, -0.15) is 0 Å². The van der Waals surface area contributed by atoms with Gasteiger partial charge >= 0.3 is 0 Å². The molecule has 0 saturated carbocycles. The second-order valence-electron chi connectivity index (χ2n) is 5.87. The van der Waals surface area contributed by atoms with Crippen LogP contribution in [0, 0.1) is 0 Å². The van der Waals surface area contributed by atoms with E-state index in [2.05, 4.69) is 39.9 Å². The lowest BCUT2D eigenvalue weighted by molar-refractivity contribution is 0.401. The molecule has 0 aromatic carbocycles. The molecule has 1 aliphatic rings. The number of nitrogens with two attached hydrogens (primary N) is 1. The van der Waals surface area contributed by atoms with E-state index < -0.39 is 0 Å². The number of rotatable bonds is 4. The van der Waals surface area contributed by atoms with Crippen LogP contribution in [0.3, 0.4) is 0 Å². The van der Waals surface area contributed by atoms with Gasteiger partial charge in [0.05, 0.1) is 16.6 Å². The standard InChI is InChI=1S/C15H21N5S/c1-9(2)12-15(21-20-19-12)14(18-16)11-7-3-5-10-6-4-8-17-13(10)11/h4,6,8-9,11,14,18H,3,5,7,16H2,1-2H3. The van der Waals surface area contributed by atoms with Crippen molar-refractivity contribution in [3.8, 4) is 0 Å². The van der Waals surface area contributed by atoms with Gasteiger partial charge in [-0.15, -0.1) is 5.10 Å². The van der Waals surface area contributed by atoms with E-state index in [4.69, 9.17) is 5.84 Å². The normalized spacial score (nSPS) is 19.5. The minimum atomic E-state index is 0.0383. The number of nitrogens with zero attached hydrogens (tertiary/aromatic N) is 3. The Morgan fingerprint density at radius 3 is 3.05 bits per heavy atom. The molecular weight excluding hydrogens is 282 g/mol. The summed E-state index contributed by atoms with van der Waals surface area (Å²) >= 11 is 1.45. The summed E-state index contributed by atoms with van der Waals surface area (Å²) in [4.78, 5) is 5.77. The summed E-state index contributed by atoms with van der Waals surface area (Å²) in [5.41, 5.74) is 6.57. The summed E-state index contributed by atoms with van der Waals surface area (Å²) in [6, 6.07) is 4.23. The van der Waals surface area contributed by atoms with Crippen LogP contribution in [0.15, 0.2) is 18.3 Å². The molecule has 0 spiro atoms. The van der Waals surface area contributed by atoms with Crippen LogP contribution in [0.25, 0.3) is 0 Å². The molecule has 2 atom stereocenters. The number of hydrogen-bond donors (Lipinski definition) is 2. The van der Waals surface area contributed by atoms with Gasteiger partial charge in [-0.25, -0.2) is 0 Å². The van der Waals surface area contributed by atoms with Crippen molar-refractivity contribution in [1.82, 2.24) is 20.0 Å². The van der Waals surface area contributed by atoms with Crippen LogP contribution in [0.1, 0.15) is 66.4 Å². The first-order chi connectivity index (χ1) is 10.2. The molecule has 0 radical (unpaired) electrons. The highest BCUT2D eigenvalue weighted by Gasteiger charge is 2.32. The van der Waals surface area contributed by atoms with Gasteiger partial charge in [0.15, 0.2) is 0 Å². The molecule has 2 aromatic rings. The van der Waals surface area contributed by atoms with E-state index in [-0.39, 0.29) is 6.04 Å². The second kappa shape index (κ2) is 6.17.